The minimum absolute atomic E-state index is 0.0466. The molecule has 1 aromatic rings. The fraction of sp³-hybridized carbons (Fsp3) is 0.750. The first-order valence-corrected chi connectivity index (χ1v) is 14.6. The fourth-order valence-electron chi connectivity index (χ4n) is 9.13. The molecule has 39 heavy (non-hydrogen) atoms. The topological polar surface area (TPSA) is 124 Å². The van der Waals surface area contributed by atoms with Gasteiger partial charge in [-0.1, -0.05) is 13.8 Å². The van der Waals surface area contributed by atoms with Crippen LogP contribution in [-0.4, -0.2) is 65.2 Å². The minimum atomic E-state index is -0.713. The lowest BCUT2D eigenvalue weighted by atomic mass is 8.94. The van der Waals surface area contributed by atoms with Crippen molar-refractivity contribution in [3.8, 4) is 0 Å². The molecule has 6 fully saturated rings. The number of nitrogens with zero attached hydrogens (tertiary/aromatic N) is 2. The van der Waals surface area contributed by atoms with E-state index in [1.165, 1.54) is 25.4 Å². The average Bonchev–Trinajstić information content (AvgIpc) is 3.35. The number of carbonyl (C=O) groups excluding carboxylic acids is 4. The molecule has 6 saturated carbocycles. The molecule has 6 aliphatic carbocycles. The van der Waals surface area contributed by atoms with Crippen LogP contribution >= 0.6 is 11.3 Å². The van der Waals surface area contributed by atoms with Crippen molar-refractivity contribution < 1.29 is 33.4 Å². The number of rotatable bonds is 9. The van der Waals surface area contributed by atoms with Crippen LogP contribution in [-0.2, 0) is 23.8 Å². The van der Waals surface area contributed by atoms with Gasteiger partial charge in [-0.25, -0.2) is 9.78 Å². The van der Waals surface area contributed by atoms with Gasteiger partial charge in [-0.2, -0.15) is 0 Å². The largest absolute Gasteiger partial charge is 0.469 e. The second kappa shape index (κ2) is 8.17. The van der Waals surface area contributed by atoms with Gasteiger partial charge >= 0.3 is 18.0 Å². The number of hydrogen-bond donors (Lipinski definition) is 1. The van der Waals surface area contributed by atoms with Crippen LogP contribution in [0.15, 0.2) is 5.38 Å². The smallest absolute Gasteiger partial charge is 0.410 e. The quantitative estimate of drug-likeness (QED) is 0.361. The van der Waals surface area contributed by atoms with E-state index in [0.717, 1.165) is 0 Å². The molecule has 11 heteroatoms. The van der Waals surface area contributed by atoms with Crippen molar-refractivity contribution in [3.63, 3.8) is 0 Å². The number of thiazole rings is 1. The van der Waals surface area contributed by atoms with Crippen LogP contribution in [0.25, 0.3) is 0 Å². The summed E-state index contributed by atoms with van der Waals surface area (Å²) in [5.74, 6) is 1.50. The third-order valence-corrected chi connectivity index (χ3v) is 11.2. The molecule has 0 unspecified atom stereocenters. The molecule has 10 nitrogen and oxygen atoms in total. The zero-order chi connectivity index (χ0) is 28.4. The summed E-state index contributed by atoms with van der Waals surface area (Å²) < 4.78 is 16.3. The van der Waals surface area contributed by atoms with Crippen molar-refractivity contribution in [2.24, 2.45) is 46.8 Å². The Kier molecular flexibility index (Phi) is 5.56. The number of esters is 2. The number of hydrogen-bond acceptors (Lipinski definition) is 9. The van der Waals surface area contributed by atoms with Crippen molar-refractivity contribution in [1.82, 2.24) is 15.2 Å². The maximum absolute atomic E-state index is 13.3. The molecule has 6 aliphatic rings. The maximum atomic E-state index is 13.3. The molecule has 2 atom stereocenters. The zero-order valence-corrected chi connectivity index (χ0v) is 24.5. The summed E-state index contributed by atoms with van der Waals surface area (Å²) in [6.45, 7) is 10.8. The molecular formula is C28H37N3O7S. The molecule has 1 N–H and O–H groups in total. The minimum Gasteiger partial charge on any atom is -0.469 e. The van der Waals surface area contributed by atoms with Gasteiger partial charge in [-0.15, -0.1) is 11.3 Å². The van der Waals surface area contributed by atoms with Gasteiger partial charge in [0.15, 0.2) is 6.10 Å². The molecule has 0 aliphatic heterocycles. The van der Waals surface area contributed by atoms with E-state index in [-0.39, 0.29) is 34.8 Å². The van der Waals surface area contributed by atoms with Gasteiger partial charge in [0.2, 0.25) is 0 Å². The molecule has 212 valence electrons. The van der Waals surface area contributed by atoms with Crippen LogP contribution < -0.4 is 5.32 Å². The lowest BCUT2D eigenvalue weighted by molar-refractivity contribution is -0.609. The molecule has 1 heterocycles. The third-order valence-electron chi connectivity index (χ3n) is 10.2. The van der Waals surface area contributed by atoms with E-state index < -0.39 is 23.8 Å². The first-order valence-electron chi connectivity index (χ1n) is 13.7. The number of amides is 2. The van der Waals surface area contributed by atoms with E-state index in [4.69, 9.17) is 14.2 Å². The Bertz CT molecular complexity index is 1210. The molecule has 0 bridgehead atoms. The molecule has 2 amide bonds. The van der Waals surface area contributed by atoms with Gasteiger partial charge in [0, 0.05) is 31.8 Å². The number of ether oxygens (including phenoxy) is 3. The molecule has 0 saturated heterocycles. The second-order valence-corrected chi connectivity index (χ2v) is 14.2. The first-order chi connectivity index (χ1) is 18.2. The van der Waals surface area contributed by atoms with Gasteiger partial charge < -0.3 is 24.4 Å². The summed E-state index contributed by atoms with van der Waals surface area (Å²) >= 11 is 1.27. The predicted molar refractivity (Wildman–Crippen MR) is 139 cm³/mol. The Morgan fingerprint density at radius 3 is 2.18 bits per heavy atom. The molecule has 7 rings (SSSR count). The summed E-state index contributed by atoms with van der Waals surface area (Å²) in [7, 11) is 3.14. The van der Waals surface area contributed by atoms with E-state index >= 15 is 0 Å². The van der Waals surface area contributed by atoms with Gasteiger partial charge in [0.1, 0.15) is 16.3 Å². The van der Waals surface area contributed by atoms with Crippen LogP contribution in [0.5, 0.6) is 0 Å². The lowest BCUT2D eigenvalue weighted by Gasteiger charge is -3.09. The molecule has 0 aromatic carbocycles. The SMILES string of the molecule is COC(=O)C12C3C4C1C1C2C3C41NC(=O)c1csc([C@@H](C[C@H](C(C)C)N(C)C(=O)OC(C)(C)C)OC(C)=O)n1. The fourth-order valence-corrected chi connectivity index (χ4v) is 9.97. The lowest BCUT2D eigenvalue weighted by Crippen LogP contribution is -3.16. The monoisotopic (exact) mass is 559 g/mol. The van der Waals surface area contributed by atoms with Crippen molar-refractivity contribution in [2.75, 3.05) is 14.2 Å². The van der Waals surface area contributed by atoms with Crippen LogP contribution in [0.1, 0.15) is 69.6 Å². The van der Waals surface area contributed by atoms with Crippen molar-refractivity contribution in [1.29, 1.82) is 0 Å². The van der Waals surface area contributed by atoms with E-state index in [1.807, 2.05) is 34.6 Å². The van der Waals surface area contributed by atoms with Gasteiger partial charge in [0.25, 0.3) is 5.91 Å². The molecule has 1 aromatic heterocycles. The first kappa shape index (κ1) is 26.5. The Morgan fingerprint density at radius 1 is 1.10 bits per heavy atom. The molecule has 0 radical (unpaired) electrons. The van der Waals surface area contributed by atoms with E-state index in [0.29, 0.717) is 52.6 Å². The highest BCUT2D eigenvalue weighted by Crippen LogP contribution is 3.07. The number of carbonyl (C=O) groups is 4. The second-order valence-electron chi connectivity index (χ2n) is 13.3. The maximum Gasteiger partial charge on any atom is 0.410 e. The van der Waals surface area contributed by atoms with Crippen LogP contribution in [0.3, 0.4) is 0 Å². The van der Waals surface area contributed by atoms with Crippen molar-refractivity contribution in [2.45, 2.75) is 71.2 Å². The van der Waals surface area contributed by atoms with Gasteiger partial charge in [-0.3, -0.25) is 14.4 Å². The highest BCUT2D eigenvalue weighted by atomic mass is 32.1. The highest BCUT2D eigenvalue weighted by Gasteiger charge is 3.12. The summed E-state index contributed by atoms with van der Waals surface area (Å²) in [6, 6.07) is -0.293. The summed E-state index contributed by atoms with van der Waals surface area (Å²) in [5.41, 5.74) is -0.761. The Labute approximate surface area is 232 Å². The normalized spacial score (nSPS) is 36.9. The van der Waals surface area contributed by atoms with Crippen LogP contribution in [0.4, 0.5) is 4.79 Å². The zero-order valence-electron chi connectivity index (χ0n) is 23.6. The Morgan fingerprint density at radius 2 is 1.69 bits per heavy atom. The highest BCUT2D eigenvalue weighted by molar-refractivity contribution is 7.09. The third kappa shape index (κ3) is 3.11. The van der Waals surface area contributed by atoms with Crippen molar-refractivity contribution in [3.05, 3.63) is 16.1 Å². The summed E-state index contributed by atoms with van der Waals surface area (Å²) in [4.78, 5) is 56.5. The van der Waals surface area contributed by atoms with E-state index in [2.05, 4.69) is 10.3 Å². The summed E-state index contributed by atoms with van der Waals surface area (Å²) in [5, 5.41) is 5.49. The van der Waals surface area contributed by atoms with Gasteiger partial charge in [0.05, 0.1) is 18.1 Å². The Hall–Kier alpha value is -2.69. The molecular weight excluding hydrogens is 522 g/mol. The number of aromatic nitrogens is 1. The average molecular weight is 560 g/mol. The Balaban J connectivity index is 1.13. The number of nitrogens with one attached hydrogen (secondary N) is 1. The molecule has 0 spiro atoms. The van der Waals surface area contributed by atoms with Crippen molar-refractivity contribution >= 4 is 35.3 Å². The van der Waals surface area contributed by atoms with Crippen LogP contribution in [0.2, 0.25) is 0 Å². The standard InChI is InChI=1S/C28H37N3O7S/c1-11(2)14(31(7)25(35)38-26(4,5)6)9-15(37-12(3)32)23-29-13(10-39-23)22(33)30-28-19-16-20(28)18-21(28)17(19)27(16,18)24(34)36-8/h10-11,14-21H,9H2,1-8H3,(H,30,33)/t14-,15-,16?,17?,18?,19?,20?,21?,27?,28?/m1/s1. The van der Waals surface area contributed by atoms with Crippen LogP contribution in [0, 0.1) is 46.8 Å². The van der Waals surface area contributed by atoms with Gasteiger partial charge in [-0.05, 0) is 62.2 Å². The predicted octanol–water partition coefficient (Wildman–Crippen LogP) is 3.42. The van der Waals surface area contributed by atoms with E-state index in [1.54, 1.807) is 17.3 Å². The summed E-state index contributed by atoms with van der Waals surface area (Å²) in [6.07, 6.45) is -0.850. The number of methoxy groups -OCH3 is 1. The van der Waals surface area contributed by atoms with E-state index in [9.17, 15) is 19.2 Å².